The van der Waals surface area contributed by atoms with Crippen molar-refractivity contribution in [3.8, 4) is 11.1 Å². The smallest absolute Gasteiger partial charge is 0.129 e. The van der Waals surface area contributed by atoms with Crippen molar-refractivity contribution in [1.29, 1.82) is 0 Å². The van der Waals surface area contributed by atoms with Crippen LogP contribution in [0, 0.1) is 13.8 Å². The summed E-state index contributed by atoms with van der Waals surface area (Å²) in [6.07, 6.45) is 6.00. The molecule has 2 aromatic rings. The van der Waals surface area contributed by atoms with E-state index in [0.29, 0.717) is 0 Å². The molecule has 0 radical (unpaired) electrons. The molecule has 1 aromatic heterocycles. The molecule has 0 aliphatic rings. The number of unbranched alkanes of at least 4 members (excludes halogenated alkanes) is 3. The van der Waals surface area contributed by atoms with Crippen LogP contribution in [0.25, 0.3) is 11.1 Å². The first kappa shape index (κ1) is 15.6. The molecule has 2 rings (SSSR count). The molecule has 0 fully saturated rings. The zero-order chi connectivity index (χ0) is 15.4. The Balaban J connectivity index is 2.30. The first-order chi connectivity index (χ1) is 10.0. The van der Waals surface area contributed by atoms with Crippen molar-refractivity contribution in [3.63, 3.8) is 0 Å². The highest BCUT2D eigenvalue weighted by atomic mass is 15.3. The number of nitrogens with two attached hydrogens (primary N) is 1. The van der Waals surface area contributed by atoms with Crippen molar-refractivity contribution in [2.45, 2.75) is 52.9 Å². The summed E-state index contributed by atoms with van der Waals surface area (Å²) in [5.74, 6) is 0.767. The van der Waals surface area contributed by atoms with E-state index in [2.05, 4.69) is 44.1 Å². The maximum absolute atomic E-state index is 6.25. The molecule has 1 aromatic carbocycles. The molecule has 2 N–H and O–H groups in total. The summed E-state index contributed by atoms with van der Waals surface area (Å²) in [5, 5.41) is 4.63. The Morgan fingerprint density at radius 1 is 1.10 bits per heavy atom. The number of anilines is 1. The van der Waals surface area contributed by atoms with E-state index in [1.54, 1.807) is 4.68 Å². The third kappa shape index (κ3) is 3.46. The van der Waals surface area contributed by atoms with Crippen LogP contribution in [-0.4, -0.2) is 9.78 Å². The molecule has 0 saturated heterocycles. The molecular weight excluding hydrogens is 258 g/mol. The molecule has 0 saturated carbocycles. The summed E-state index contributed by atoms with van der Waals surface area (Å²) in [5.41, 5.74) is 12.3. The molecule has 1 heterocycles. The fraction of sp³-hybridized carbons (Fsp3) is 0.500. The molecule has 0 aliphatic heterocycles. The van der Waals surface area contributed by atoms with Crippen LogP contribution in [0.4, 0.5) is 5.82 Å². The molecular formula is C18H27N3. The molecule has 3 heteroatoms. The molecule has 0 atom stereocenters. The molecule has 0 aliphatic carbocycles. The molecule has 0 unspecified atom stereocenters. The zero-order valence-electron chi connectivity index (χ0n) is 13.7. The normalized spacial score (nSPS) is 11.0. The third-order valence-corrected chi connectivity index (χ3v) is 4.23. The van der Waals surface area contributed by atoms with Crippen LogP contribution in [0.1, 0.15) is 49.4 Å². The van der Waals surface area contributed by atoms with Gasteiger partial charge >= 0.3 is 0 Å². The minimum atomic E-state index is 0.767. The predicted molar refractivity (Wildman–Crippen MR) is 90.4 cm³/mol. The second-order valence-electron chi connectivity index (χ2n) is 5.94. The van der Waals surface area contributed by atoms with Gasteiger partial charge in [-0.2, -0.15) is 5.10 Å². The fourth-order valence-electron chi connectivity index (χ4n) is 2.70. The van der Waals surface area contributed by atoms with Gasteiger partial charge in [0, 0.05) is 12.6 Å². The van der Waals surface area contributed by atoms with Crippen molar-refractivity contribution in [3.05, 3.63) is 35.0 Å². The monoisotopic (exact) mass is 285 g/mol. The fourth-order valence-corrected chi connectivity index (χ4v) is 2.70. The highest BCUT2D eigenvalue weighted by Gasteiger charge is 2.15. The number of aryl methyl sites for hydroxylation is 4. The number of aromatic nitrogens is 2. The quantitative estimate of drug-likeness (QED) is 0.799. The SMILES string of the molecule is CCCCCCc1nn(C)c(N)c1-c1ccc(C)c(C)c1. The number of hydrogen-bond donors (Lipinski definition) is 1. The molecule has 3 nitrogen and oxygen atoms in total. The summed E-state index contributed by atoms with van der Waals surface area (Å²) in [6, 6.07) is 6.54. The van der Waals surface area contributed by atoms with Gasteiger partial charge in [-0.15, -0.1) is 0 Å². The van der Waals surface area contributed by atoms with Gasteiger partial charge in [0.05, 0.1) is 5.69 Å². The second-order valence-corrected chi connectivity index (χ2v) is 5.94. The van der Waals surface area contributed by atoms with Gasteiger partial charge in [-0.05, 0) is 43.4 Å². The Hall–Kier alpha value is -1.77. The van der Waals surface area contributed by atoms with Gasteiger partial charge < -0.3 is 5.73 Å². The second kappa shape index (κ2) is 6.79. The van der Waals surface area contributed by atoms with Gasteiger partial charge in [0.2, 0.25) is 0 Å². The average Bonchev–Trinajstić information content (AvgIpc) is 2.74. The van der Waals surface area contributed by atoms with Gasteiger partial charge in [0.25, 0.3) is 0 Å². The van der Waals surface area contributed by atoms with Gasteiger partial charge in [-0.1, -0.05) is 44.4 Å². The summed E-state index contributed by atoms with van der Waals surface area (Å²) in [4.78, 5) is 0. The number of nitrogen functional groups attached to an aromatic ring is 1. The lowest BCUT2D eigenvalue weighted by atomic mass is 9.98. The largest absolute Gasteiger partial charge is 0.383 e. The van der Waals surface area contributed by atoms with E-state index in [9.17, 15) is 0 Å². The van der Waals surface area contributed by atoms with E-state index in [4.69, 9.17) is 5.73 Å². The lowest BCUT2D eigenvalue weighted by molar-refractivity contribution is 0.651. The van der Waals surface area contributed by atoms with Crippen LogP contribution >= 0.6 is 0 Å². The van der Waals surface area contributed by atoms with E-state index in [1.807, 2.05) is 7.05 Å². The van der Waals surface area contributed by atoms with Crippen molar-refractivity contribution in [1.82, 2.24) is 9.78 Å². The van der Waals surface area contributed by atoms with E-state index >= 15 is 0 Å². The lowest BCUT2D eigenvalue weighted by Crippen LogP contribution is -1.98. The predicted octanol–water partition coefficient (Wildman–Crippen LogP) is 4.41. The first-order valence-electron chi connectivity index (χ1n) is 7.93. The van der Waals surface area contributed by atoms with E-state index < -0.39 is 0 Å². The Bertz CT molecular complexity index is 611. The number of benzene rings is 1. The highest BCUT2D eigenvalue weighted by Crippen LogP contribution is 2.31. The number of nitrogens with zero attached hydrogens (tertiary/aromatic N) is 2. The van der Waals surface area contributed by atoms with E-state index in [-0.39, 0.29) is 0 Å². The average molecular weight is 285 g/mol. The Labute approximate surface area is 128 Å². The van der Waals surface area contributed by atoms with Crippen LogP contribution in [0.2, 0.25) is 0 Å². The van der Waals surface area contributed by atoms with Gasteiger partial charge in [0.1, 0.15) is 5.82 Å². The van der Waals surface area contributed by atoms with Crippen LogP contribution in [-0.2, 0) is 13.5 Å². The zero-order valence-corrected chi connectivity index (χ0v) is 13.7. The van der Waals surface area contributed by atoms with Crippen molar-refractivity contribution < 1.29 is 0 Å². The number of rotatable bonds is 6. The molecule has 0 bridgehead atoms. The summed E-state index contributed by atoms with van der Waals surface area (Å²) in [6.45, 7) is 6.52. The number of hydrogen-bond acceptors (Lipinski definition) is 2. The van der Waals surface area contributed by atoms with Crippen molar-refractivity contribution in [2.75, 3.05) is 5.73 Å². The lowest BCUT2D eigenvalue weighted by Gasteiger charge is -2.07. The van der Waals surface area contributed by atoms with Crippen LogP contribution < -0.4 is 5.73 Å². The summed E-state index contributed by atoms with van der Waals surface area (Å²) < 4.78 is 1.81. The summed E-state index contributed by atoms with van der Waals surface area (Å²) in [7, 11) is 1.93. The van der Waals surface area contributed by atoms with Crippen LogP contribution in [0.5, 0.6) is 0 Å². The van der Waals surface area contributed by atoms with Crippen LogP contribution in [0.3, 0.4) is 0 Å². The van der Waals surface area contributed by atoms with Crippen molar-refractivity contribution >= 4 is 5.82 Å². The molecule has 21 heavy (non-hydrogen) atoms. The molecule has 0 amide bonds. The Kier molecular flexibility index (Phi) is 5.05. The van der Waals surface area contributed by atoms with Gasteiger partial charge in [-0.3, -0.25) is 4.68 Å². The minimum Gasteiger partial charge on any atom is -0.383 e. The van der Waals surface area contributed by atoms with Crippen molar-refractivity contribution in [2.24, 2.45) is 7.05 Å². The Morgan fingerprint density at radius 2 is 1.86 bits per heavy atom. The third-order valence-electron chi connectivity index (χ3n) is 4.23. The maximum atomic E-state index is 6.25. The van der Waals surface area contributed by atoms with Gasteiger partial charge in [-0.25, -0.2) is 0 Å². The van der Waals surface area contributed by atoms with Gasteiger partial charge in [0.15, 0.2) is 0 Å². The topological polar surface area (TPSA) is 43.8 Å². The molecule has 0 spiro atoms. The summed E-state index contributed by atoms with van der Waals surface area (Å²) >= 11 is 0. The standard InChI is InChI=1S/C18H27N3/c1-5-6-7-8-9-16-17(18(19)21(4)20-16)15-11-10-13(2)14(3)12-15/h10-12H,5-9,19H2,1-4H3. The van der Waals surface area contributed by atoms with E-state index in [1.165, 1.54) is 42.4 Å². The minimum absolute atomic E-state index is 0.767. The molecule has 114 valence electrons. The first-order valence-corrected chi connectivity index (χ1v) is 7.93. The highest BCUT2D eigenvalue weighted by molar-refractivity contribution is 5.77. The van der Waals surface area contributed by atoms with Crippen LogP contribution in [0.15, 0.2) is 18.2 Å². The van der Waals surface area contributed by atoms with E-state index in [0.717, 1.165) is 23.5 Å². The maximum Gasteiger partial charge on any atom is 0.129 e. The Morgan fingerprint density at radius 3 is 2.52 bits per heavy atom.